The lowest BCUT2D eigenvalue weighted by molar-refractivity contribution is 0.0697. The zero-order valence-corrected chi connectivity index (χ0v) is 19.6. The Kier molecular flexibility index (Phi) is 6.03. The molecule has 5 heteroatoms. The molecule has 0 amide bonds. The summed E-state index contributed by atoms with van der Waals surface area (Å²) in [6.07, 6.45) is 8.91. The Morgan fingerprint density at radius 2 is 1.35 bits per heavy atom. The molecule has 0 radical (unpaired) electrons. The number of aromatic carboxylic acids is 1. The van der Waals surface area contributed by atoms with Crippen LogP contribution in [-0.4, -0.2) is 25.7 Å². The molecule has 4 nitrogen and oxygen atoms in total. The maximum atomic E-state index is 11.7. The summed E-state index contributed by atoms with van der Waals surface area (Å²) in [5, 5.41) is 10.3. The monoisotopic (exact) mass is 438 g/mol. The molecule has 0 saturated carbocycles. The van der Waals surface area contributed by atoms with Gasteiger partial charge >= 0.3 is 5.97 Å². The second-order valence-corrected chi connectivity index (χ2v) is 11.6. The summed E-state index contributed by atoms with van der Waals surface area (Å²) in [5.41, 5.74) is 5.52. The molecule has 0 aliphatic heterocycles. The summed E-state index contributed by atoms with van der Waals surface area (Å²) in [5.74, 6) is -0.955. The van der Waals surface area contributed by atoms with Crippen molar-refractivity contribution >= 4 is 34.0 Å². The topological polar surface area (TPSA) is 71.4 Å². The van der Waals surface area contributed by atoms with Gasteiger partial charge in [-0.2, -0.15) is 0 Å². The Bertz CT molecular complexity index is 1160. The van der Waals surface area contributed by atoms with Crippen LogP contribution in [0.3, 0.4) is 0 Å². The van der Waals surface area contributed by atoms with E-state index in [9.17, 15) is 13.2 Å². The molecule has 0 heterocycles. The Balaban J connectivity index is 2.13. The molecule has 3 rings (SSSR count). The van der Waals surface area contributed by atoms with Gasteiger partial charge in [0.25, 0.3) is 0 Å². The van der Waals surface area contributed by atoms with Crippen LogP contribution in [0.1, 0.15) is 78.7 Å². The van der Waals surface area contributed by atoms with E-state index >= 15 is 0 Å². The summed E-state index contributed by atoms with van der Waals surface area (Å²) < 4.78 is 23.5. The van der Waals surface area contributed by atoms with Gasteiger partial charge in [0.2, 0.25) is 0 Å². The standard InChI is InChI=1S/C26H30O4S/c1-25(2)13-14-26(3,4)23-17-21(12-15-31(5,29)30)20(16-22(23)25)11-8-18-6-9-19(10-7-18)24(27)28/h6-12,15-17H,13-14H2,1-5H3,(H,27,28)/b11-8+,15-12-. The fourth-order valence-electron chi connectivity index (χ4n) is 4.06. The van der Waals surface area contributed by atoms with Crippen LogP contribution in [0.5, 0.6) is 0 Å². The van der Waals surface area contributed by atoms with Crippen LogP contribution in [0.25, 0.3) is 18.2 Å². The molecule has 0 spiro atoms. The number of benzene rings is 2. The van der Waals surface area contributed by atoms with Gasteiger partial charge in [-0.05, 0) is 69.7 Å². The van der Waals surface area contributed by atoms with Crippen molar-refractivity contribution in [2.24, 2.45) is 0 Å². The molecule has 0 bridgehead atoms. The Hall–Kier alpha value is -2.66. The first kappa shape index (κ1) is 23.0. The molecule has 1 N–H and O–H groups in total. The molecule has 0 saturated heterocycles. The highest BCUT2D eigenvalue weighted by atomic mass is 32.2. The summed E-state index contributed by atoms with van der Waals surface area (Å²) in [4.78, 5) is 11.1. The van der Waals surface area contributed by atoms with E-state index < -0.39 is 15.8 Å². The van der Waals surface area contributed by atoms with Gasteiger partial charge in [-0.15, -0.1) is 0 Å². The number of rotatable bonds is 5. The molecule has 164 valence electrons. The quantitative estimate of drug-likeness (QED) is 0.588. The Morgan fingerprint density at radius 3 is 1.81 bits per heavy atom. The minimum atomic E-state index is -3.25. The van der Waals surface area contributed by atoms with Gasteiger partial charge in [-0.3, -0.25) is 0 Å². The summed E-state index contributed by atoms with van der Waals surface area (Å²) in [6, 6.07) is 11.0. The van der Waals surface area contributed by atoms with Crippen LogP contribution in [0.4, 0.5) is 0 Å². The molecule has 2 aromatic carbocycles. The maximum absolute atomic E-state index is 11.7. The highest BCUT2D eigenvalue weighted by Crippen LogP contribution is 2.46. The number of carbonyl (C=O) groups is 1. The van der Waals surface area contributed by atoms with Crippen molar-refractivity contribution in [3.63, 3.8) is 0 Å². The second kappa shape index (κ2) is 8.12. The summed E-state index contributed by atoms with van der Waals surface area (Å²) in [7, 11) is -3.25. The molecule has 0 aromatic heterocycles. The predicted molar refractivity (Wildman–Crippen MR) is 128 cm³/mol. The summed E-state index contributed by atoms with van der Waals surface area (Å²) >= 11 is 0. The third kappa shape index (κ3) is 5.34. The normalized spacial score (nSPS) is 17.7. The van der Waals surface area contributed by atoms with E-state index in [0.29, 0.717) is 0 Å². The van der Waals surface area contributed by atoms with Gasteiger partial charge in [-0.1, -0.05) is 64.1 Å². The van der Waals surface area contributed by atoms with Gasteiger partial charge in [0, 0.05) is 11.7 Å². The minimum Gasteiger partial charge on any atom is -0.478 e. The van der Waals surface area contributed by atoms with Crippen molar-refractivity contribution in [3.8, 4) is 0 Å². The zero-order valence-electron chi connectivity index (χ0n) is 18.8. The van der Waals surface area contributed by atoms with Crippen molar-refractivity contribution in [3.05, 3.63) is 75.2 Å². The number of fused-ring (bicyclic) bond motifs is 1. The lowest BCUT2D eigenvalue weighted by Crippen LogP contribution is -2.34. The van der Waals surface area contributed by atoms with Crippen LogP contribution in [0.2, 0.25) is 0 Å². The third-order valence-electron chi connectivity index (χ3n) is 6.16. The van der Waals surface area contributed by atoms with Gasteiger partial charge in [0.15, 0.2) is 9.84 Å². The van der Waals surface area contributed by atoms with E-state index in [0.717, 1.165) is 29.5 Å². The fourth-order valence-corrected chi connectivity index (χ4v) is 4.45. The number of hydrogen-bond acceptors (Lipinski definition) is 3. The van der Waals surface area contributed by atoms with Crippen molar-refractivity contribution in [2.75, 3.05) is 6.26 Å². The van der Waals surface area contributed by atoms with E-state index in [1.165, 1.54) is 22.8 Å². The molecular formula is C26H30O4S. The van der Waals surface area contributed by atoms with Crippen molar-refractivity contribution in [2.45, 2.75) is 51.4 Å². The van der Waals surface area contributed by atoms with Crippen LogP contribution < -0.4 is 0 Å². The molecule has 2 aromatic rings. The van der Waals surface area contributed by atoms with Crippen molar-refractivity contribution in [1.29, 1.82) is 0 Å². The van der Waals surface area contributed by atoms with Gasteiger partial charge in [0.1, 0.15) is 0 Å². The highest BCUT2D eigenvalue weighted by Gasteiger charge is 2.37. The molecule has 0 atom stereocenters. The number of carboxylic acid groups (broad SMARTS) is 1. The van der Waals surface area contributed by atoms with Crippen LogP contribution in [0, 0.1) is 0 Å². The smallest absolute Gasteiger partial charge is 0.335 e. The average molecular weight is 439 g/mol. The third-order valence-corrected chi connectivity index (χ3v) is 6.79. The van der Waals surface area contributed by atoms with Gasteiger partial charge in [0.05, 0.1) is 5.56 Å². The van der Waals surface area contributed by atoms with Crippen LogP contribution >= 0.6 is 0 Å². The second-order valence-electron chi connectivity index (χ2n) is 9.69. The molecule has 31 heavy (non-hydrogen) atoms. The van der Waals surface area contributed by atoms with E-state index in [2.05, 4.69) is 39.8 Å². The summed E-state index contributed by atoms with van der Waals surface area (Å²) in [6.45, 7) is 8.99. The first-order chi connectivity index (χ1) is 14.3. The lowest BCUT2D eigenvalue weighted by atomic mass is 9.62. The van der Waals surface area contributed by atoms with Gasteiger partial charge in [-0.25, -0.2) is 13.2 Å². The van der Waals surface area contributed by atoms with E-state index in [1.807, 2.05) is 12.2 Å². The van der Waals surface area contributed by atoms with Crippen molar-refractivity contribution in [1.82, 2.24) is 0 Å². The Labute approximate surface area is 185 Å². The predicted octanol–water partition coefficient (Wildman–Crippen LogP) is 5.92. The van der Waals surface area contributed by atoms with Crippen LogP contribution in [-0.2, 0) is 20.7 Å². The fraction of sp³-hybridized carbons (Fsp3) is 0.346. The first-order valence-electron chi connectivity index (χ1n) is 10.4. The zero-order chi connectivity index (χ0) is 23.0. The van der Waals surface area contributed by atoms with E-state index in [-0.39, 0.29) is 16.4 Å². The molecular weight excluding hydrogens is 408 g/mol. The Morgan fingerprint density at radius 1 is 0.871 bits per heavy atom. The molecule has 0 unspecified atom stereocenters. The van der Waals surface area contributed by atoms with Crippen molar-refractivity contribution < 1.29 is 18.3 Å². The van der Waals surface area contributed by atoms with Crippen LogP contribution in [0.15, 0.2) is 41.8 Å². The number of carboxylic acids is 1. The molecule has 1 aliphatic carbocycles. The largest absolute Gasteiger partial charge is 0.478 e. The van der Waals surface area contributed by atoms with E-state index in [4.69, 9.17) is 5.11 Å². The van der Waals surface area contributed by atoms with Gasteiger partial charge < -0.3 is 5.11 Å². The molecule has 0 fully saturated rings. The van der Waals surface area contributed by atoms with E-state index in [1.54, 1.807) is 30.3 Å². The SMILES string of the molecule is CC1(C)CCC(C)(C)c2cc(/C=C/c3ccc(C(=O)O)cc3)c(/C=C\S(C)(=O)=O)cc21. The maximum Gasteiger partial charge on any atom is 0.335 e. The first-order valence-corrected chi connectivity index (χ1v) is 12.3. The average Bonchev–Trinajstić information content (AvgIpc) is 2.68. The molecule has 1 aliphatic rings. The lowest BCUT2D eigenvalue weighted by Gasteiger charge is -2.42. The number of hydrogen-bond donors (Lipinski definition) is 1. The number of sulfone groups is 1. The highest BCUT2D eigenvalue weighted by molar-refractivity contribution is 7.93. The minimum absolute atomic E-state index is 0.0213.